The lowest BCUT2D eigenvalue weighted by Crippen LogP contribution is -2.59. The van der Waals surface area contributed by atoms with Crippen LogP contribution in [-0.2, 0) is 14.2 Å². The summed E-state index contributed by atoms with van der Waals surface area (Å²) in [6, 6.07) is 0. The fourth-order valence-electron chi connectivity index (χ4n) is 1.00. The number of rotatable bonds is 5. The van der Waals surface area contributed by atoms with Crippen molar-refractivity contribution in [3.8, 4) is 0 Å². The van der Waals surface area contributed by atoms with Crippen molar-refractivity contribution < 1.29 is 28.9 Å². The number of hydrogen-bond acceptors (Lipinski definition) is 6. The van der Waals surface area contributed by atoms with Crippen molar-refractivity contribution in [1.82, 2.24) is 5.32 Å². The first-order chi connectivity index (χ1) is 7.68. The standard InChI is InChI=1S/C9H18N2O6/c1-5-15-9(8(2,3)14,16-6(10)12)17-7(13)11-4/h14H,5H2,1-4H3,(H2,10,12)(H,11,13). The maximum absolute atomic E-state index is 11.2. The van der Waals surface area contributed by atoms with E-state index in [-0.39, 0.29) is 6.61 Å². The molecule has 4 N–H and O–H groups in total. The van der Waals surface area contributed by atoms with E-state index in [0.29, 0.717) is 0 Å². The molecule has 100 valence electrons. The van der Waals surface area contributed by atoms with Crippen LogP contribution in [0.3, 0.4) is 0 Å². The molecule has 0 bridgehead atoms. The van der Waals surface area contributed by atoms with Crippen molar-refractivity contribution in [3.05, 3.63) is 0 Å². The number of nitrogens with two attached hydrogens (primary N) is 1. The van der Waals surface area contributed by atoms with E-state index >= 15 is 0 Å². The van der Waals surface area contributed by atoms with Crippen LogP contribution in [0.25, 0.3) is 0 Å². The Kier molecular flexibility index (Phi) is 5.17. The smallest absolute Gasteiger partial charge is 0.380 e. The number of amides is 2. The summed E-state index contributed by atoms with van der Waals surface area (Å²) in [7, 11) is 1.30. The zero-order valence-corrected chi connectivity index (χ0v) is 10.3. The first-order valence-corrected chi connectivity index (χ1v) is 4.94. The molecule has 17 heavy (non-hydrogen) atoms. The second-order valence-corrected chi connectivity index (χ2v) is 3.61. The number of aliphatic hydroxyl groups is 1. The molecule has 1 atom stereocenters. The molecule has 0 spiro atoms. The van der Waals surface area contributed by atoms with Gasteiger partial charge in [0.05, 0.1) is 6.61 Å². The van der Waals surface area contributed by atoms with Crippen molar-refractivity contribution in [2.75, 3.05) is 13.7 Å². The molecular weight excluding hydrogens is 232 g/mol. The molecule has 0 aliphatic rings. The minimum atomic E-state index is -2.30. The van der Waals surface area contributed by atoms with Crippen LogP contribution in [0.4, 0.5) is 9.59 Å². The van der Waals surface area contributed by atoms with Crippen molar-refractivity contribution in [2.45, 2.75) is 32.3 Å². The quantitative estimate of drug-likeness (QED) is 0.586. The summed E-state index contributed by atoms with van der Waals surface area (Å²) in [5, 5.41) is 12.0. The van der Waals surface area contributed by atoms with Crippen LogP contribution in [0.15, 0.2) is 0 Å². The summed E-state index contributed by atoms with van der Waals surface area (Å²) in [6.45, 7) is 4.08. The van der Waals surface area contributed by atoms with Gasteiger partial charge in [0.25, 0.3) is 0 Å². The fourth-order valence-corrected chi connectivity index (χ4v) is 1.00. The van der Waals surface area contributed by atoms with Crippen molar-refractivity contribution in [1.29, 1.82) is 0 Å². The van der Waals surface area contributed by atoms with Crippen LogP contribution in [0.5, 0.6) is 0 Å². The molecule has 8 nitrogen and oxygen atoms in total. The molecule has 0 radical (unpaired) electrons. The summed E-state index contributed by atoms with van der Waals surface area (Å²) in [4.78, 5) is 22.0. The largest absolute Gasteiger partial charge is 0.412 e. The van der Waals surface area contributed by atoms with E-state index in [2.05, 4.69) is 10.1 Å². The highest BCUT2D eigenvalue weighted by Crippen LogP contribution is 2.29. The van der Waals surface area contributed by atoms with Gasteiger partial charge in [0.2, 0.25) is 0 Å². The summed E-state index contributed by atoms with van der Waals surface area (Å²) >= 11 is 0. The molecule has 0 saturated carbocycles. The zero-order valence-electron chi connectivity index (χ0n) is 10.3. The summed E-state index contributed by atoms with van der Waals surface area (Å²) in [5.74, 6) is -2.30. The van der Waals surface area contributed by atoms with Crippen LogP contribution in [0.1, 0.15) is 20.8 Å². The van der Waals surface area contributed by atoms with Gasteiger partial charge in [0, 0.05) is 7.05 Å². The average Bonchev–Trinajstić information content (AvgIpc) is 2.15. The number of primary amides is 1. The van der Waals surface area contributed by atoms with Crippen molar-refractivity contribution in [3.63, 3.8) is 0 Å². The summed E-state index contributed by atoms with van der Waals surface area (Å²) < 4.78 is 14.4. The van der Waals surface area contributed by atoms with Gasteiger partial charge in [-0.25, -0.2) is 9.59 Å². The molecule has 0 saturated heterocycles. The first-order valence-electron chi connectivity index (χ1n) is 4.94. The Morgan fingerprint density at radius 1 is 1.35 bits per heavy atom. The monoisotopic (exact) mass is 250 g/mol. The van der Waals surface area contributed by atoms with Crippen molar-refractivity contribution >= 4 is 12.2 Å². The molecule has 8 heteroatoms. The molecule has 0 fully saturated rings. The highest BCUT2D eigenvalue weighted by Gasteiger charge is 2.53. The minimum absolute atomic E-state index is 0.0221. The third-order valence-electron chi connectivity index (χ3n) is 1.75. The van der Waals surface area contributed by atoms with Gasteiger partial charge >= 0.3 is 18.2 Å². The lowest BCUT2D eigenvalue weighted by Gasteiger charge is -2.38. The molecule has 0 aromatic carbocycles. The van der Waals surface area contributed by atoms with Crippen LogP contribution in [0.2, 0.25) is 0 Å². The number of ether oxygens (including phenoxy) is 3. The number of nitrogens with one attached hydrogen (secondary N) is 1. The molecule has 0 aromatic heterocycles. The molecule has 1 unspecified atom stereocenters. The van der Waals surface area contributed by atoms with E-state index in [1.807, 2.05) is 0 Å². The molecular formula is C9H18N2O6. The maximum Gasteiger partial charge on any atom is 0.412 e. The second-order valence-electron chi connectivity index (χ2n) is 3.61. The number of carbonyl (C=O) groups excluding carboxylic acids is 2. The fraction of sp³-hybridized carbons (Fsp3) is 0.778. The average molecular weight is 250 g/mol. The number of alkyl carbamates (subject to hydrolysis) is 1. The van der Waals surface area contributed by atoms with Crippen molar-refractivity contribution in [2.24, 2.45) is 5.73 Å². The van der Waals surface area contributed by atoms with E-state index in [0.717, 1.165) is 0 Å². The Labute approximate surface area is 99.0 Å². The van der Waals surface area contributed by atoms with E-state index in [9.17, 15) is 14.7 Å². The van der Waals surface area contributed by atoms with E-state index < -0.39 is 23.8 Å². The SMILES string of the molecule is CCOC(OC(N)=O)(OC(=O)NC)C(C)(C)O. The van der Waals surface area contributed by atoms with E-state index in [1.165, 1.54) is 20.9 Å². The molecule has 0 aromatic rings. The highest BCUT2D eigenvalue weighted by atomic mass is 16.9. The molecule has 0 aliphatic carbocycles. The van der Waals surface area contributed by atoms with Crippen LogP contribution in [0, 0.1) is 0 Å². The Hall–Kier alpha value is -1.54. The zero-order chi connectivity index (χ0) is 13.7. The van der Waals surface area contributed by atoms with Gasteiger partial charge in [-0.15, -0.1) is 0 Å². The maximum atomic E-state index is 11.2. The Balaban J connectivity index is 5.23. The molecule has 2 amide bonds. The summed E-state index contributed by atoms with van der Waals surface area (Å²) in [6.07, 6.45) is -2.19. The third kappa shape index (κ3) is 4.08. The predicted molar refractivity (Wildman–Crippen MR) is 56.9 cm³/mol. The first kappa shape index (κ1) is 15.5. The molecule has 0 rings (SSSR count). The highest BCUT2D eigenvalue weighted by molar-refractivity contribution is 5.68. The van der Waals surface area contributed by atoms with E-state index in [1.54, 1.807) is 6.92 Å². The molecule has 0 heterocycles. The van der Waals surface area contributed by atoms with Gasteiger partial charge in [-0.2, -0.15) is 0 Å². The Morgan fingerprint density at radius 3 is 2.18 bits per heavy atom. The van der Waals surface area contributed by atoms with Gasteiger partial charge in [0.15, 0.2) is 5.60 Å². The normalized spacial score (nSPS) is 14.6. The Morgan fingerprint density at radius 2 is 1.88 bits per heavy atom. The topological polar surface area (TPSA) is 120 Å². The number of carbonyl (C=O) groups is 2. The van der Waals surface area contributed by atoms with Crippen LogP contribution >= 0.6 is 0 Å². The lowest BCUT2D eigenvalue weighted by molar-refractivity contribution is -0.389. The van der Waals surface area contributed by atoms with Gasteiger partial charge < -0.3 is 30.4 Å². The molecule has 0 aliphatic heterocycles. The Bertz CT molecular complexity index is 288. The second kappa shape index (κ2) is 5.69. The van der Waals surface area contributed by atoms with Gasteiger partial charge in [-0.05, 0) is 20.8 Å². The van der Waals surface area contributed by atoms with Gasteiger partial charge in [0.1, 0.15) is 0 Å². The van der Waals surface area contributed by atoms with Gasteiger partial charge in [-0.3, -0.25) is 0 Å². The number of hydrogen-bond donors (Lipinski definition) is 3. The lowest BCUT2D eigenvalue weighted by atomic mass is 10.1. The van der Waals surface area contributed by atoms with Gasteiger partial charge in [-0.1, -0.05) is 0 Å². The predicted octanol–water partition coefficient (Wildman–Crippen LogP) is -0.101. The summed E-state index contributed by atoms with van der Waals surface area (Å²) in [5.41, 5.74) is 3.06. The minimum Gasteiger partial charge on any atom is -0.380 e. The van der Waals surface area contributed by atoms with Crippen LogP contribution < -0.4 is 11.1 Å². The van der Waals surface area contributed by atoms with E-state index in [4.69, 9.17) is 15.2 Å². The third-order valence-corrected chi connectivity index (χ3v) is 1.75. The van der Waals surface area contributed by atoms with Crippen LogP contribution in [-0.4, -0.2) is 42.5 Å².